The fraction of sp³-hybridized carbons (Fsp3) is 0.304. The van der Waals surface area contributed by atoms with Crippen molar-refractivity contribution in [3.63, 3.8) is 0 Å². The summed E-state index contributed by atoms with van der Waals surface area (Å²) >= 11 is 0. The minimum atomic E-state index is -0.101. The third-order valence-electron chi connectivity index (χ3n) is 6.04. The molecule has 0 radical (unpaired) electrons. The van der Waals surface area contributed by atoms with Crippen molar-refractivity contribution in [3.8, 4) is 0 Å². The Kier molecular flexibility index (Phi) is 4.67. The second-order valence-corrected chi connectivity index (χ2v) is 7.83. The van der Waals surface area contributed by atoms with Crippen LogP contribution in [0.5, 0.6) is 0 Å². The normalized spacial score (nSPS) is 20.2. The molecule has 0 amide bonds. The van der Waals surface area contributed by atoms with Gasteiger partial charge in [-0.2, -0.15) is 5.10 Å². The van der Waals surface area contributed by atoms with Crippen molar-refractivity contribution in [1.82, 2.24) is 20.1 Å². The summed E-state index contributed by atoms with van der Waals surface area (Å²) in [5, 5.41) is 11.1. The Labute approximate surface area is 175 Å². The van der Waals surface area contributed by atoms with Crippen LogP contribution in [0.3, 0.4) is 0 Å². The van der Waals surface area contributed by atoms with Crippen LogP contribution >= 0.6 is 0 Å². The van der Waals surface area contributed by atoms with E-state index in [4.69, 9.17) is 4.99 Å². The third kappa shape index (κ3) is 3.02. The molecule has 3 aromatic rings. The minimum Gasteiger partial charge on any atom is -0.384 e. The van der Waals surface area contributed by atoms with E-state index in [2.05, 4.69) is 45.0 Å². The van der Waals surface area contributed by atoms with Gasteiger partial charge in [0.2, 0.25) is 0 Å². The molecule has 0 saturated heterocycles. The molecule has 30 heavy (non-hydrogen) atoms. The molecule has 0 bridgehead atoms. The number of ketones is 1. The number of Topliss-reactive ketones (excluding diaryl/α,β-unsaturated/α-hetero) is 1. The van der Waals surface area contributed by atoms with Gasteiger partial charge in [-0.3, -0.25) is 14.5 Å². The summed E-state index contributed by atoms with van der Waals surface area (Å²) in [6, 6.07) is 14.6. The molecular weight excluding hydrogens is 376 g/mol. The second-order valence-electron chi connectivity index (χ2n) is 7.83. The Morgan fingerprint density at radius 2 is 2.03 bits per heavy atom. The Balaban J connectivity index is 1.67. The van der Waals surface area contributed by atoms with Gasteiger partial charge in [-0.1, -0.05) is 36.4 Å². The van der Waals surface area contributed by atoms with Crippen LogP contribution in [0.2, 0.25) is 0 Å². The van der Waals surface area contributed by atoms with Gasteiger partial charge in [0, 0.05) is 42.9 Å². The Morgan fingerprint density at radius 1 is 1.20 bits per heavy atom. The number of nitrogens with zero attached hydrogens (tertiary/aromatic N) is 4. The van der Waals surface area contributed by atoms with Crippen molar-refractivity contribution < 1.29 is 4.79 Å². The third-order valence-corrected chi connectivity index (χ3v) is 6.04. The van der Waals surface area contributed by atoms with Gasteiger partial charge in [-0.15, -0.1) is 0 Å². The van der Waals surface area contributed by atoms with Crippen LogP contribution < -0.4 is 10.6 Å². The largest absolute Gasteiger partial charge is 0.384 e. The number of nitrogens with one attached hydrogen (secondary N) is 2. The number of carbonyl (C=O) groups is 1. The summed E-state index contributed by atoms with van der Waals surface area (Å²) in [5.74, 6) is 0.917. The number of carbonyl (C=O) groups excluding carboxylic acids is 1. The van der Waals surface area contributed by atoms with E-state index in [-0.39, 0.29) is 24.2 Å². The van der Waals surface area contributed by atoms with Crippen molar-refractivity contribution in [1.29, 1.82) is 0 Å². The first-order chi connectivity index (χ1) is 14.7. The fourth-order valence-corrected chi connectivity index (χ4v) is 4.60. The standard InChI is InChI=1S/C23H24N6O/c1-24-10-14-6-8-15(9-7-14)17-11-25-18-5-3-4-16-19(30)12-26-22(20(16)18)21(17)23-27-13-28-29(23)2/h3-9,13,17,21,24-25H,10-12H2,1-2H3. The highest BCUT2D eigenvalue weighted by atomic mass is 16.1. The lowest BCUT2D eigenvalue weighted by Crippen LogP contribution is -2.29. The van der Waals surface area contributed by atoms with Crippen molar-refractivity contribution in [2.45, 2.75) is 18.4 Å². The van der Waals surface area contributed by atoms with Crippen LogP contribution in [-0.2, 0) is 13.6 Å². The monoisotopic (exact) mass is 400 g/mol. The topological polar surface area (TPSA) is 84.2 Å². The van der Waals surface area contributed by atoms with Crippen LogP contribution in [0.15, 0.2) is 53.8 Å². The van der Waals surface area contributed by atoms with Crippen LogP contribution in [0.25, 0.3) is 0 Å². The van der Waals surface area contributed by atoms with E-state index in [1.807, 2.05) is 37.0 Å². The molecule has 2 N–H and O–H groups in total. The molecule has 2 atom stereocenters. The predicted octanol–water partition coefficient (Wildman–Crippen LogP) is 2.51. The predicted molar refractivity (Wildman–Crippen MR) is 116 cm³/mol. The average molecular weight is 400 g/mol. The molecule has 2 aromatic carbocycles. The first-order valence-electron chi connectivity index (χ1n) is 10.2. The van der Waals surface area contributed by atoms with Crippen LogP contribution in [-0.4, -0.2) is 46.4 Å². The Bertz CT molecular complexity index is 1130. The fourth-order valence-electron chi connectivity index (χ4n) is 4.60. The average Bonchev–Trinajstić information content (AvgIpc) is 3.11. The van der Waals surface area contributed by atoms with Gasteiger partial charge in [0.05, 0.1) is 11.6 Å². The van der Waals surface area contributed by atoms with E-state index in [9.17, 15) is 4.79 Å². The van der Waals surface area contributed by atoms with Crippen LogP contribution in [0, 0.1) is 0 Å². The smallest absolute Gasteiger partial charge is 0.184 e. The molecule has 7 heteroatoms. The molecule has 0 saturated carbocycles. The molecule has 2 aliphatic heterocycles. The molecule has 2 aliphatic rings. The molecule has 5 rings (SSSR count). The summed E-state index contributed by atoms with van der Waals surface area (Å²) in [7, 11) is 3.86. The summed E-state index contributed by atoms with van der Waals surface area (Å²) in [5.41, 5.74) is 5.98. The number of hydrogen-bond donors (Lipinski definition) is 2. The zero-order chi connectivity index (χ0) is 20.7. The molecule has 1 aromatic heterocycles. The molecule has 0 spiro atoms. The molecule has 152 valence electrons. The molecular formula is C23H24N6O. The number of rotatable bonds is 4. The van der Waals surface area contributed by atoms with Gasteiger partial charge in [0.1, 0.15) is 18.7 Å². The van der Waals surface area contributed by atoms with E-state index in [0.29, 0.717) is 6.54 Å². The van der Waals surface area contributed by atoms with Crippen molar-refractivity contribution in [3.05, 3.63) is 76.9 Å². The molecule has 0 aliphatic carbocycles. The summed E-state index contributed by atoms with van der Waals surface area (Å²) in [6.45, 7) is 1.72. The minimum absolute atomic E-state index is 0.0592. The van der Waals surface area contributed by atoms with Gasteiger partial charge < -0.3 is 10.6 Å². The van der Waals surface area contributed by atoms with E-state index in [1.54, 1.807) is 6.33 Å². The number of benzene rings is 2. The van der Waals surface area contributed by atoms with E-state index >= 15 is 0 Å². The lowest BCUT2D eigenvalue weighted by Gasteiger charge is -2.27. The maximum absolute atomic E-state index is 12.6. The number of aryl methyl sites for hydroxylation is 1. The number of aromatic nitrogens is 3. The molecule has 0 fully saturated rings. The van der Waals surface area contributed by atoms with Crippen LogP contribution in [0.1, 0.15) is 44.7 Å². The first-order valence-corrected chi connectivity index (χ1v) is 10.2. The number of hydrogen-bond acceptors (Lipinski definition) is 6. The second kappa shape index (κ2) is 7.50. The van der Waals surface area contributed by atoms with Crippen LogP contribution in [0.4, 0.5) is 5.69 Å². The van der Waals surface area contributed by atoms with Crippen molar-refractivity contribution >= 4 is 17.2 Å². The molecule has 2 unspecified atom stereocenters. The maximum Gasteiger partial charge on any atom is 0.184 e. The van der Waals surface area contributed by atoms with Gasteiger partial charge in [-0.05, 0) is 24.2 Å². The van der Waals surface area contributed by atoms with Crippen molar-refractivity contribution in [2.75, 3.05) is 25.5 Å². The molecule has 7 nitrogen and oxygen atoms in total. The highest BCUT2D eigenvalue weighted by molar-refractivity contribution is 6.20. The maximum atomic E-state index is 12.6. The van der Waals surface area contributed by atoms with Gasteiger partial charge in [0.15, 0.2) is 5.78 Å². The van der Waals surface area contributed by atoms with Gasteiger partial charge in [0.25, 0.3) is 0 Å². The molecule has 3 heterocycles. The van der Waals surface area contributed by atoms with Crippen molar-refractivity contribution in [2.24, 2.45) is 12.0 Å². The zero-order valence-electron chi connectivity index (χ0n) is 17.1. The highest BCUT2D eigenvalue weighted by Crippen LogP contribution is 2.42. The van der Waals surface area contributed by atoms with E-state index in [0.717, 1.165) is 34.9 Å². The highest BCUT2D eigenvalue weighted by Gasteiger charge is 2.39. The first kappa shape index (κ1) is 18.7. The quantitative estimate of drug-likeness (QED) is 0.703. The SMILES string of the molecule is CNCc1ccc(C2CNc3cccc4c3C(=NCC4=O)C2c2ncnn2C)cc1. The zero-order valence-corrected chi connectivity index (χ0v) is 17.1. The summed E-state index contributed by atoms with van der Waals surface area (Å²) in [4.78, 5) is 21.9. The Morgan fingerprint density at radius 3 is 2.77 bits per heavy atom. The van der Waals surface area contributed by atoms with Gasteiger partial charge in [-0.25, -0.2) is 4.98 Å². The number of anilines is 1. The van der Waals surface area contributed by atoms with E-state index in [1.165, 1.54) is 11.1 Å². The number of aliphatic imine (C=N–C) groups is 1. The van der Waals surface area contributed by atoms with E-state index < -0.39 is 0 Å². The lowest BCUT2D eigenvalue weighted by atomic mass is 9.78. The summed E-state index contributed by atoms with van der Waals surface area (Å²) in [6.07, 6.45) is 1.59. The summed E-state index contributed by atoms with van der Waals surface area (Å²) < 4.78 is 1.82. The lowest BCUT2D eigenvalue weighted by molar-refractivity contribution is 0.1000. The van der Waals surface area contributed by atoms with Gasteiger partial charge >= 0.3 is 0 Å². The Hall–Kier alpha value is -3.32.